The van der Waals surface area contributed by atoms with Crippen molar-refractivity contribution in [2.24, 2.45) is 0 Å². The van der Waals surface area contributed by atoms with E-state index in [-0.39, 0.29) is 5.91 Å². The van der Waals surface area contributed by atoms with Crippen LogP contribution in [0.15, 0.2) is 30.5 Å². The molecular formula is C15H17N3OS. The summed E-state index contributed by atoms with van der Waals surface area (Å²) in [5.74, 6) is 0.0999. The summed E-state index contributed by atoms with van der Waals surface area (Å²) in [5, 5.41) is 4.16. The van der Waals surface area contributed by atoms with E-state index in [1.165, 1.54) is 16.9 Å². The second kappa shape index (κ2) is 5.73. The number of aryl methyl sites for hydroxylation is 1. The molecule has 1 amide bonds. The molecule has 104 valence electrons. The van der Waals surface area contributed by atoms with Crippen molar-refractivity contribution in [1.29, 1.82) is 0 Å². The molecule has 5 heteroatoms. The lowest BCUT2D eigenvalue weighted by atomic mass is 10.1. The van der Waals surface area contributed by atoms with Crippen LogP contribution in [0.2, 0.25) is 0 Å². The van der Waals surface area contributed by atoms with Gasteiger partial charge in [-0.3, -0.25) is 4.79 Å². The zero-order chi connectivity index (χ0) is 13.9. The number of carbonyl (C=O) groups excluding carboxylic acids is 1. The highest BCUT2D eigenvalue weighted by atomic mass is 32.1. The van der Waals surface area contributed by atoms with Gasteiger partial charge in [0, 0.05) is 31.7 Å². The molecule has 0 unspecified atom stereocenters. The topological polar surface area (TPSA) is 45.2 Å². The summed E-state index contributed by atoms with van der Waals surface area (Å²) in [5.41, 5.74) is 2.28. The molecule has 1 aromatic heterocycles. The molecule has 1 aliphatic rings. The Bertz CT molecular complexity index is 617. The van der Waals surface area contributed by atoms with Crippen LogP contribution in [-0.2, 0) is 0 Å². The molecule has 0 aliphatic carbocycles. The lowest BCUT2D eigenvalue weighted by Crippen LogP contribution is -2.46. The molecule has 0 saturated carbocycles. The Labute approximate surface area is 122 Å². The van der Waals surface area contributed by atoms with Crippen molar-refractivity contribution in [3.05, 3.63) is 40.9 Å². The summed E-state index contributed by atoms with van der Waals surface area (Å²) in [4.78, 5) is 19.4. The molecule has 2 aromatic rings. The largest absolute Gasteiger partial charge is 0.335 e. The number of aromatic nitrogens is 1. The van der Waals surface area contributed by atoms with Gasteiger partial charge in [-0.1, -0.05) is 23.8 Å². The summed E-state index contributed by atoms with van der Waals surface area (Å²) < 4.78 is 0. The van der Waals surface area contributed by atoms with E-state index in [9.17, 15) is 4.79 Å². The maximum atomic E-state index is 12.4. The molecule has 1 N–H and O–H groups in total. The number of carbonyl (C=O) groups is 1. The standard InChI is InChI=1S/C15H17N3OS/c1-11-3-2-4-12(9-11)14-17-10-13(20-14)15(19)18-7-5-16-6-8-18/h2-4,9-10,16H,5-8H2,1H3. The lowest BCUT2D eigenvalue weighted by Gasteiger charge is -2.26. The first-order chi connectivity index (χ1) is 9.74. The Hall–Kier alpha value is -1.72. The van der Waals surface area contributed by atoms with Crippen LogP contribution in [0.3, 0.4) is 0 Å². The zero-order valence-corrected chi connectivity index (χ0v) is 12.2. The number of amides is 1. The molecule has 4 nitrogen and oxygen atoms in total. The highest BCUT2D eigenvalue weighted by Crippen LogP contribution is 2.26. The molecule has 0 radical (unpaired) electrons. The van der Waals surface area contributed by atoms with Gasteiger partial charge >= 0.3 is 0 Å². The van der Waals surface area contributed by atoms with Gasteiger partial charge in [-0.05, 0) is 13.0 Å². The highest BCUT2D eigenvalue weighted by Gasteiger charge is 2.20. The maximum absolute atomic E-state index is 12.4. The number of thiazole rings is 1. The summed E-state index contributed by atoms with van der Waals surface area (Å²) in [6, 6.07) is 8.20. The van der Waals surface area contributed by atoms with Crippen molar-refractivity contribution in [2.45, 2.75) is 6.92 Å². The van der Waals surface area contributed by atoms with Crippen LogP contribution in [0.1, 0.15) is 15.2 Å². The van der Waals surface area contributed by atoms with Crippen molar-refractivity contribution in [1.82, 2.24) is 15.2 Å². The SMILES string of the molecule is Cc1cccc(-c2ncc(C(=O)N3CCNCC3)s2)c1. The average molecular weight is 287 g/mol. The fourth-order valence-corrected chi connectivity index (χ4v) is 3.19. The summed E-state index contributed by atoms with van der Waals surface area (Å²) in [7, 11) is 0. The van der Waals surface area contributed by atoms with E-state index in [0.717, 1.165) is 41.6 Å². The number of hydrogen-bond donors (Lipinski definition) is 1. The van der Waals surface area contributed by atoms with Crippen LogP contribution in [0.5, 0.6) is 0 Å². The van der Waals surface area contributed by atoms with Crippen LogP contribution in [0.25, 0.3) is 10.6 Å². The molecule has 2 heterocycles. The van der Waals surface area contributed by atoms with E-state index in [1.807, 2.05) is 17.0 Å². The molecule has 0 atom stereocenters. The monoisotopic (exact) mass is 287 g/mol. The van der Waals surface area contributed by atoms with Gasteiger partial charge in [0.15, 0.2) is 0 Å². The van der Waals surface area contributed by atoms with Gasteiger partial charge in [-0.25, -0.2) is 4.98 Å². The predicted octanol–water partition coefficient (Wildman–Crippen LogP) is 2.16. The molecule has 0 bridgehead atoms. The van der Waals surface area contributed by atoms with E-state index < -0.39 is 0 Å². The molecule has 1 aromatic carbocycles. The fraction of sp³-hybridized carbons (Fsp3) is 0.333. The van der Waals surface area contributed by atoms with E-state index in [4.69, 9.17) is 0 Å². The lowest BCUT2D eigenvalue weighted by molar-refractivity contribution is 0.0740. The van der Waals surface area contributed by atoms with Crippen LogP contribution < -0.4 is 5.32 Å². The molecule has 1 aliphatic heterocycles. The summed E-state index contributed by atoms with van der Waals surface area (Å²) >= 11 is 1.47. The van der Waals surface area contributed by atoms with Gasteiger partial charge in [0.1, 0.15) is 9.88 Å². The Morgan fingerprint density at radius 3 is 2.90 bits per heavy atom. The number of nitrogens with zero attached hydrogens (tertiary/aromatic N) is 2. The van der Waals surface area contributed by atoms with E-state index >= 15 is 0 Å². The van der Waals surface area contributed by atoms with E-state index in [0.29, 0.717) is 0 Å². The van der Waals surface area contributed by atoms with Crippen molar-refractivity contribution in [2.75, 3.05) is 26.2 Å². The minimum absolute atomic E-state index is 0.0999. The van der Waals surface area contributed by atoms with Gasteiger partial charge in [-0.2, -0.15) is 0 Å². The van der Waals surface area contributed by atoms with Crippen molar-refractivity contribution in [3.63, 3.8) is 0 Å². The molecule has 3 rings (SSSR count). The van der Waals surface area contributed by atoms with Crippen LogP contribution in [0.4, 0.5) is 0 Å². The average Bonchev–Trinajstić information content (AvgIpc) is 2.97. The Morgan fingerprint density at radius 2 is 2.15 bits per heavy atom. The molecule has 1 saturated heterocycles. The van der Waals surface area contributed by atoms with Gasteiger partial charge in [0.05, 0.1) is 6.20 Å². The third kappa shape index (κ3) is 2.73. The summed E-state index contributed by atoms with van der Waals surface area (Å²) in [6.07, 6.45) is 1.70. The van der Waals surface area contributed by atoms with Gasteiger partial charge in [0.25, 0.3) is 5.91 Å². The minimum atomic E-state index is 0.0999. The zero-order valence-electron chi connectivity index (χ0n) is 11.4. The highest BCUT2D eigenvalue weighted by molar-refractivity contribution is 7.16. The first-order valence-corrected chi connectivity index (χ1v) is 7.58. The van der Waals surface area contributed by atoms with E-state index in [1.54, 1.807) is 6.20 Å². The minimum Gasteiger partial charge on any atom is -0.335 e. The van der Waals surface area contributed by atoms with Crippen molar-refractivity contribution in [3.8, 4) is 10.6 Å². The Morgan fingerprint density at radius 1 is 1.35 bits per heavy atom. The number of benzene rings is 1. The van der Waals surface area contributed by atoms with Crippen molar-refractivity contribution >= 4 is 17.2 Å². The number of hydrogen-bond acceptors (Lipinski definition) is 4. The number of nitrogens with one attached hydrogen (secondary N) is 1. The fourth-order valence-electron chi connectivity index (χ4n) is 2.31. The van der Waals surface area contributed by atoms with Crippen LogP contribution in [0, 0.1) is 6.92 Å². The number of piperazine rings is 1. The number of rotatable bonds is 2. The Kier molecular flexibility index (Phi) is 3.80. The third-order valence-corrected chi connectivity index (χ3v) is 4.42. The van der Waals surface area contributed by atoms with Gasteiger partial charge in [-0.15, -0.1) is 11.3 Å². The molecule has 1 fully saturated rings. The third-order valence-electron chi connectivity index (χ3n) is 3.39. The normalized spacial score (nSPS) is 15.3. The molecule has 0 spiro atoms. The Balaban J connectivity index is 1.81. The first-order valence-electron chi connectivity index (χ1n) is 6.77. The molecular weight excluding hydrogens is 270 g/mol. The quantitative estimate of drug-likeness (QED) is 0.920. The second-order valence-corrected chi connectivity index (χ2v) is 5.97. The summed E-state index contributed by atoms with van der Waals surface area (Å²) in [6.45, 7) is 5.35. The van der Waals surface area contributed by atoms with Gasteiger partial charge in [0.2, 0.25) is 0 Å². The van der Waals surface area contributed by atoms with Crippen LogP contribution in [-0.4, -0.2) is 42.0 Å². The van der Waals surface area contributed by atoms with E-state index in [2.05, 4.69) is 29.4 Å². The predicted molar refractivity (Wildman–Crippen MR) is 81.1 cm³/mol. The smallest absolute Gasteiger partial charge is 0.265 e. The van der Waals surface area contributed by atoms with Gasteiger partial charge < -0.3 is 10.2 Å². The van der Waals surface area contributed by atoms with Crippen LogP contribution >= 0.6 is 11.3 Å². The second-order valence-electron chi connectivity index (χ2n) is 4.94. The molecule has 20 heavy (non-hydrogen) atoms. The maximum Gasteiger partial charge on any atom is 0.265 e. The van der Waals surface area contributed by atoms with Crippen molar-refractivity contribution < 1.29 is 4.79 Å². The first kappa shape index (κ1) is 13.3.